The SMILES string of the molecule is CCc1nc2ccc(Cl)cn2c1C(=O)NCc1ccc(N2CCC(c3ccc(OC(F)(F)F)cc3)CC2)cc1F. The first kappa shape index (κ1) is 27.8. The zero-order chi connectivity index (χ0) is 28.4. The maximum atomic E-state index is 15.0. The van der Waals surface area contributed by atoms with Gasteiger partial charge in [0.05, 0.1) is 10.7 Å². The first-order chi connectivity index (χ1) is 19.1. The number of fused-ring (bicyclic) bond motifs is 1. The van der Waals surface area contributed by atoms with Crippen LogP contribution in [0.1, 0.15) is 53.0 Å². The number of aromatic nitrogens is 2. The molecule has 1 aliphatic rings. The van der Waals surface area contributed by atoms with Crippen LogP contribution in [0.25, 0.3) is 5.65 Å². The van der Waals surface area contributed by atoms with Gasteiger partial charge in [-0.25, -0.2) is 9.37 Å². The lowest BCUT2D eigenvalue weighted by Crippen LogP contribution is -2.33. The maximum absolute atomic E-state index is 15.0. The number of benzene rings is 2. The van der Waals surface area contributed by atoms with Gasteiger partial charge < -0.3 is 15.0 Å². The Labute approximate surface area is 233 Å². The molecule has 2 aromatic carbocycles. The summed E-state index contributed by atoms with van der Waals surface area (Å²) < 4.78 is 57.8. The Morgan fingerprint density at radius 1 is 1.10 bits per heavy atom. The van der Waals surface area contributed by atoms with Gasteiger partial charge in [-0.2, -0.15) is 0 Å². The summed E-state index contributed by atoms with van der Waals surface area (Å²) in [5.74, 6) is -0.834. The lowest BCUT2D eigenvalue weighted by atomic mass is 9.89. The first-order valence-corrected chi connectivity index (χ1v) is 13.3. The summed E-state index contributed by atoms with van der Waals surface area (Å²) in [6, 6.07) is 14.4. The molecule has 40 heavy (non-hydrogen) atoms. The third kappa shape index (κ3) is 6.17. The van der Waals surface area contributed by atoms with Gasteiger partial charge in [0.2, 0.25) is 0 Å². The van der Waals surface area contributed by atoms with Gasteiger partial charge in [-0.3, -0.25) is 9.20 Å². The number of halogens is 5. The van der Waals surface area contributed by atoms with E-state index >= 15 is 4.39 Å². The van der Waals surface area contributed by atoms with Crippen molar-refractivity contribution in [3.05, 3.63) is 94.1 Å². The fourth-order valence-corrected chi connectivity index (χ4v) is 5.26. The number of carbonyl (C=O) groups is 1. The molecule has 0 aliphatic carbocycles. The molecule has 1 fully saturated rings. The van der Waals surface area contributed by atoms with E-state index in [0.29, 0.717) is 47.1 Å². The summed E-state index contributed by atoms with van der Waals surface area (Å²) in [6.45, 7) is 3.28. The average molecular weight is 575 g/mol. The summed E-state index contributed by atoms with van der Waals surface area (Å²) >= 11 is 6.11. The molecule has 0 atom stereocenters. The van der Waals surface area contributed by atoms with Crippen molar-refractivity contribution in [3.63, 3.8) is 0 Å². The van der Waals surface area contributed by atoms with Crippen molar-refractivity contribution in [2.24, 2.45) is 0 Å². The van der Waals surface area contributed by atoms with E-state index in [1.165, 1.54) is 18.2 Å². The minimum atomic E-state index is -4.72. The van der Waals surface area contributed by atoms with Crippen molar-refractivity contribution in [1.82, 2.24) is 14.7 Å². The second-order valence-electron chi connectivity index (χ2n) is 9.67. The van der Waals surface area contributed by atoms with Crippen molar-refractivity contribution in [1.29, 1.82) is 0 Å². The van der Waals surface area contributed by atoms with Crippen molar-refractivity contribution in [3.8, 4) is 5.75 Å². The molecule has 1 saturated heterocycles. The first-order valence-electron chi connectivity index (χ1n) is 12.9. The third-order valence-electron chi connectivity index (χ3n) is 7.13. The number of aryl methyl sites for hydroxylation is 1. The molecule has 2 aromatic heterocycles. The topological polar surface area (TPSA) is 58.9 Å². The number of rotatable bonds is 7. The Kier molecular flexibility index (Phi) is 7.89. The molecular formula is C29H27ClF4N4O2. The second-order valence-corrected chi connectivity index (χ2v) is 10.1. The number of pyridine rings is 1. The van der Waals surface area contributed by atoms with Gasteiger partial charge in [-0.05, 0) is 67.1 Å². The van der Waals surface area contributed by atoms with Crippen LogP contribution in [0.4, 0.5) is 23.2 Å². The lowest BCUT2D eigenvalue weighted by Gasteiger charge is -2.34. The highest BCUT2D eigenvalue weighted by Gasteiger charge is 2.31. The number of amides is 1. The predicted octanol–water partition coefficient (Wildman–Crippen LogP) is 6.90. The normalized spacial score (nSPS) is 14.5. The summed E-state index contributed by atoms with van der Waals surface area (Å²) in [7, 11) is 0. The van der Waals surface area contributed by atoms with Gasteiger partial charge in [-0.1, -0.05) is 36.7 Å². The largest absolute Gasteiger partial charge is 0.573 e. The van der Waals surface area contributed by atoms with E-state index in [9.17, 15) is 18.0 Å². The number of hydrogen-bond donors (Lipinski definition) is 1. The number of alkyl halides is 3. The Balaban J connectivity index is 1.19. The Hall–Kier alpha value is -3.79. The molecule has 210 valence electrons. The Morgan fingerprint density at radius 2 is 1.82 bits per heavy atom. The van der Waals surface area contributed by atoms with Gasteiger partial charge in [-0.15, -0.1) is 13.2 Å². The van der Waals surface area contributed by atoms with Gasteiger partial charge in [0.1, 0.15) is 22.9 Å². The fraction of sp³-hybridized carbons (Fsp3) is 0.310. The van der Waals surface area contributed by atoms with E-state index < -0.39 is 12.2 Å². The van der Waals surface area contributed by atoms with Crippen LogP contribution in [-0.2, 0) is 13.0 Å². The summed E-state index contributed by atoms with van der Waals surface area (Å²) in [4.78, 5) is 19.6. The highest BCUT2D eigenvalue weighted by molar-refractivity contribution is 6.30. The highest BCUT2D eigenvalue weighted by atomic mass is 35.5. The van der Waals surface area contributed by atoms with Gasteiger partial charge >= 0.3 is 6.36 Å². The van der Waals surface area contributed by atoms with E-state index in [4.69, 9.17) is 11.6 Å². The zero-order valence-corrected chi connectivity index (χ0v) is 22.4. The number of hydrogen-bond acceptors (Lipinski definition) is 4. The van der Waals surface area contributed by atoms with Crippen molar-refractivity contribution in [2.45, 2.75) is 45.0 Å². The number of nitrogens with zero attached hydrogens (tertiary/aromatic N) is 3. The van der Waals surface area contributed by atoms with Crippen LogP contribution in [0.3, 0.4) is 0 Å². The van der Waals surface area contributed by atoms with Gasteiger partial charge in [0, 0.05) is 37.1 Å². The Morgan fingerprint density at radius 3 is 2.48 bits per heavy atom. The molecule has 0 radical (unpaired) electrons. The molecular weight excluding hydrogens is 548 g/mol. The Bertz CT molecular complexity index is 1510. The number of nitrogens with one attached hydrogen (secondary N) is 1. The van der Waals surface area contributed by atoms with Crippen LogP contribution in [-0.4, -0.2) is 34.7 Å². The molecule has 0 spiro atoms. The molecule has 1 aliphatic heterocycles. The molecule has 0 unspecified atom stereocenters. The molecule has 3 heterocycles. The number of anilines is 1. The van der Waals surface area contributed by atoms with Crippen molar-refractivity contribution >= 4 is 28.8 Å². The molecule has 5 rings (SSSR count). The highest BCUT2D eigenvalue weighted by Crippen LogP contribution is 2.33. The number of ether oxygens (including phenoxy) is 1. The van der Waals surface area contributed by atoms with Crippen LogP contribution in [0.15, 0.2) is 60.8 Å². The molecule has 0 saturated carbocycles. The van der Waals surface area contributed by atoms with Crippen molar-refractivity contribution < 1.29 is 27.1 Å². The van der Waals surface area contributed by atoms with E-state index in [1.807, 2.05) is 13.0 Å². The van der Waals surface area contributed by atoms with Gasteiger partial charge in [0.15, 0.2) is 0 Å². The van der Waals surface area contributed by atoms with Crippen LogP contribution >= 0.6 is 11.6 Å². The molecule has 11 heteroatoms. The van der Waals surface area contributed by atoms with Crippen LogP contribution in [0.5, 0.6) is 5.75 Å². The zero-order valence-electron chi connectivity index (χ0n) is 21.6. The number of carbonyl (C=O) groups excluding carboxylic acids is 1. The quantitative estimate of drug-likeness (QED) is 0.244. The van der Waals surface area contributed by atoms with Crippen LogP contribution in [0, 0.1) is 5.82 Å². The molecule has 1 amide bonds. The minimum Gasteiger partial charge on any atom is -0.406 e. The molecule has 1 N–H and O–H groups in total. The molecule has 0 bridgehead atoms. The number of piperidine rings is 1. The lowest BCUT2D eigenvalue weighted by molar-refractivity contribution is -0.274. The fourth-order valence-electron chi connectivity index (χ4n) is 5.10. The van der Waals surface area contributed by atoms with Crippen molar-refractivity contribution in [2.75, 3.05) is 18.0 Å². The van der Waals surface area contributed by atoms with E-state index in [1.54, 1.807) is 40.9 Å². The summed E-state index contributed by atoms with van der Waals surface area (Å²) in [5, 5.41) is 3.27. The van der Waals surface area contributed by atoms with E-state index in [-0.39, 0.29) is 24.1 Å². The molecule has 4 aromatic rings. The third-order valence-corrected chi connectivity index (χ3v) is 7.35. The minimum absolute atomic E-state index is 0.0119. The number of imidazole rings is 1. The van der Waals surface area contributed by atoms with E-state index in [0.717, 1.165) is 24.1 Å². The summed E-state index contributed by atoms with van der Waals surface area (Å²) in [6.07, 6.45) is -0.969. The van der Waals surface area contributed by atoms with E-state index in [2.05, 4.69) is 19.9 Å². The predicted molar refractivity (Wildman–Crippen MR) is 144 cm³/mol. The monoisotopic (exact) mass is 574 g/mol. The van der Waals surface area contributed by atoms with Crippen LogP contribution in [0.2, 0.25) is 5.02 Å². The standard InChI is InChI=1S/C29H27ClF4N4O2/c1-2-25-27(38-17-21(30)6-10-26(38)36-25)28(39)35-16-20-3-7-22(15-24(20)31)37-13-11-19(12-14-37)18-4-8-23(9-5-18)40-29(32,33)34/h3-10,15,17,19H,2,11-14,16H2,1H3,(H,35,39). The van der Waals surface area contributed by atoms with Crippen LogP contribution < -0.4 is 15.0 Å². The average Bonchev–Trinajstić information content (AvgIpc) is 3.30. The molecule has 6 nitrogen and oxygen atoms in total. The smallest absolute Gasteiger partial charge is 0.406 e. The maximum Gasteiger partial charge on any atom is 0.573 e. The van der Waals surface area contributed by atoms with Gasteiger partial charge in [0.25, 0.3) is 5.91 Å². The second kappa shape index (κ2) is 11.4. The summed E-state index contributed by atoms with van der Waals surface area (Å²) in [5.41, 5.74) is 3.67.